The van der Waals surface area contributed by atoms with Crippen LogP contribution in [0.4, 0.5) is 0 Å². The van der Waals surface area contributed by atoms with Crippen molar-refractivity contribution in [3.63, 3.8) is 0 Å². The molecule has 2 rings (SSSR count). The predicted molar refractivity (Wildman–Crippen MR) is 63.6 cm³/mol. The van der Waals surface area contributed by atoms with E-state index in [1.165, 1.54) is 6.42 Å². The molecular weight excluding hydrogens is 184 g/mol. The molecule has 1 saturated heterocycles. The maximum absolute atomic E-state index is 5.43. The molecule has 1 nitrogen and oxygen atoms in total. The van der Waals surface area contributed by atoms with E-state index in [1.54, 1.807) is 0 Å². The maximum Gasteiger partial charge on any atom is 0.0547 e. The van der Waals surface area contributed by atoms with E-state index >= 15 is 0 Å². The van der Waals surface area contributed by atoms with Gasteiger partial charge < -0.3 is 4.74 Å². The lowest BCUT2D eigenvalue weighted by molar-refractivity contribution is -0.149. The topological polar surface area (TPSA) is 9.23 Å². The monoisotopic (exact) mass is 206 g/mol. The number of ether oxygens (including phenoxy) is 1. The molecule has 1 fully saturated rings. The third kappa shape index (κ3) is 2.03. The molecule has 0 aromatic carbocycles. The Labute approximate surface area is 93.2 Å². The van der Waals surface area contributed by atoms with Crippen LogP contribution in [-0.4, -0.2) is 13.2 Å². The fourth-order valence-corrected chi connectivity index (χ4v) is 2.54. The molecule has 2 unspecified atom stereocenters. The van der Waals surface area contributed by atoms with Crippen molar-refractivity contribution in [2.75, 3.05) is 13.2 Å². The highest BCUT2D eigenvalue weighted by Gasteiger charge is 2.43. The van der Waals surface area contributed by atoms with E-state index in [4.69, 9.17) is 4.74 Å². The van der Waals surface area contributed by atoms with Crippen LogP contribution in [0.2, 0.25) is 0 Å². The summed E-state index contributed by atoms with van der Waals surface area (Å²) in [6.45, 7) is 8.90. The van der Waals surface area contributed by atoms with Gasteiger partial charge >= 0.3 is 0 Å². The Kier molecular flexibility index (Phi) is 3.01. The highest BCUT2D eigenvalue weighted by Crippen LogP contribution is 2.43. The third-order valence-electron chi connectivity index (χ3n) is 4.21. The van der Waals surface area contributed by atoms with Crippen LogP contribution in [0.3, 0.4) is 0 Å². The third-order valence-corrected chi connectivity index (χ3v) is 4.21. The van der Waals surface area contributed by atoms with Crippen LogP contribution in [0.15, 0.2) is 24.3 Å². The van der Waals surface area contributed by atoms with Crippen molar-refractivity contribution >= 4 is 0 Å². The molecule has 15 heavy (non-hydrogen) atoms. The van der Waals surface area contributed by atoms with Crippen molar-refractivity contribution in [2.24, 2.45) is 23.2 Å². The smallest absolute Gasteiger partial charge is 0.0547 e. The second-order valence-electron chi connectivity index (χ2n) is 5.51. The van der Waals surface area contributed by atoms with Crippen LogP contribution in [0.25, 0.3) is 0 Å². The number of hydrogen-bond acceptors (Lipinski definition) is 1. The molecule has 1 heterocycles. The number of allylic oxidation sites excluding steroid dienone is 4. The fourth-order valence-electron chi connectivity index (χ4n) is 2.54. The normalized spacial score (nSPS) is 33.1. The molecular formula is C14H22O. The summed E-state index contributed by atoms with van der Waals surface area (Å²) in [6, 6.07) is 0. The van der Waals surface area contributed by atoms with Gasteiger partial charge in [0.15, 0.2) is 0 Å². The molecule has 1 heteroatoms. The summed E-state index contributed by atoms with van der Waals surface area (Å²) >= 11 is 0. The van der Waals surface area contributed by atoms with Gasteiger partial charge in [-0.05, 0) is 24.2 Å². The van der Waals surface area contributed by atoms with Gasteiger partial charge in [-0.25, -0.2) is 0 Å². The highest BCUT2D eigenvalue weighted by molar-refractivity contribution is 5.14. The summed E-state index contributed by atoms with van der Waals surface area (Å²) < 4.78 is 5.43. The van der Waals surface area contributed by atoms with Crippen LogP contribution in [0, 0.1) is 23.2 Å². The SMILES string of the molecule is CC1C=CC=CC1CC1(C(C)C)COC1. The second kappa shape index (κ2) is 4.13. The van der Waals surface area contributed by atoms with Crippen LogP contribution in [-0.2, 0) is 4.74 Å². The molecule has 0 spiro atoms. The zero-order valence-corrected chi connectivity index (χ0v) is 10.1. The fraction of sp³-hybridized carbons (Fsp3) is 0.714. The molecule has 2 aliphatic rings. The molecule has 0 amide bonds. The lowest BCUT2D eigenvalue weighted by atomic mass is 9.67. The van der Waals surface area contributed by atoms with Gasteiger partial charge in [-0.3, -0.25) is 0 Å². The Morgan fingerprint density at radius 1 is 1.27 bits per heavy atom. The minimum Gasteiger partial charge on any atom is -0.380 e. The highest BCUT2D eigenvalue weighted by atomic mass is 16.5. The van der Waals surface area contributed by atoms with Crippen LogP contribution >= 0.6 is 0 Å². The molecule has 1 aliphatic carbocycles. The van der Waals surface area contributed by atoms with Crippen LogP contribution in [0.1, 0.15) is 27.2 Å². The van der Waals surface area contributed by atoms with Crippen LogP contribution in [0.5, 0.6) is 0 Å². The average molecular weight is 206 g/mol. The van der Waals surface area contributed by atoms with Gasteiger partial charge in [-0.2, -0.15) is 0 Å². The first-order valence-corrected chi connectivity index (χ1v) is 6.07. The van der Waals surface area contributed by atoms with Crippen molar-refractivity contribution in [1.82, 2.24) is 0 Å². The van der Waals surface area contributed by atoms with E-state index in [2.05, 4.69) is 45.1 Å². The van der Waals surface area contributed by atoms with E-state index in [-0.39, 0.29) is 0 Å². The van der Waals surface area contributed by atoms with Gasteiger partial charge in [0.05, 0.1) is 13.2 Å². The van der Waals surface area contributed by atoms with Gasteiger partial charge in [0.25, 0.3) is 0 Å². The Morgan fingerprint density at radius 3 is 2.40 bits per heavy atom. The Balaban J connectivity index is 2.01. The number of hydrogen-bond donors (Lipinski definition) is 0. The van der Waals surface area contributed by atoms with E-state index in [0.29, 0.717) is 17.3 Å². The first-order valence-electron chi connectivity index (χ1n) is 6.07. The second-order valence-corrected chi connectivity index (χ2v) is 5.51. The summed E-state index contributed by atoms with van der Waals surface area (Å²) in [5.41, 5.74) is 0.453. The molecule has 0 saturated carbocycles. The number of rotatable bonds is 3. The Hall–Kier alpha value is -0.560. The molecule has 0 aromatic heterocycles. The van der Waals surface area contributed by atoms with Gasteiger partial charge in [0.2, 0.25) is 0 Å². The molecule has 0 radical (unpaired) electrons. The Bertz CT molecular complexity index is 271. The zero-order chi connectivity index (χ0) is 10.9. The average Bonchev–Trinajstić information content (AvgIpc) is 2.13. The summed E-state index contributed by atoms with van der Waals surface area (Å²) in [7, 11) is 0. The van der Waals surface area contributed by atoms with Crippen molar-refractivity contribution in [3.05, 3.63) is 24.3 Å². The molecule has 2 atom stereocenters. The molecule has 1 aliphatic heterocycles. The van der Waals surface area contributed by atoms with E-state index in [1.807, 2.05) is 0 Å². The van der Waals surface area contributed by atoms with Gasteiger partial charge in [-0.15, -0.1) is 0 Å². The lowest BCUT2D eigenvalue weighted by Gasteiger charge is -2.47. The minimum absolute atomic E-state index is 0.453. The van der Waals surface area contributed by atoms with Crippen molar-refractivity contribution in [3.8, 4) is 0 Å². The van der Waals surface area contributed by atoms with E-state index < -0.39 is 0 Å². The van der Waals surface area contributed by atoms with Gasteiger partial charge in [-0.1, -0.05) is 45.1 Å². The predicted octanol–water partition coefficient (Wildman–Crippen LogP) is 3.43. The standard InChI is InChI=1S/C14H22O/c1-11(2)14(9-15-10-14)8-13-7-5-4-6-12(13)3/h4-7,11-13H,8-10H2,1-3H3. The largest absolute Gasteiger partial charge is 0.380 e. The quantitative estimate of drug-likeness (QED) is 0.687. The maximum atomic E-state index is 5.43. The summed E-state index contributed by atoms with van der Waals surface area (Å²) in [5.74, 6) is 2.13. The Morgan fingerprint density at radius 2 is 1.93 bits per heavy atom. The molecule has 0 N–H and O–H groups in total. The first kappa shape index (κ1) is 10.9. The zero-order valence-electron chi connectivity index (χ0n) is 10.1. The van der Waals surface area contributed by atoms with Crippen LogP contribution < -0.4 is 0 Å². The molecule has 0 bridgehead atoms. The lowest BCUT2D eigenvalue weighted by Crippen LogP contribution is -2.48. The molecule has 84 valence electrons. The van der Waals surface area contributed by atoms with E-state index in [9.17, 15) is 0 Å². The van der Waals surface area contributed by atoms with Gasteiger partial charge in [0, 0.05) is 5.41 Å². The van der Waals surface area contributed by atoms with Crippen molar-refractivity contribution in [1.29, 1.82) is 0 Å². The minimum atomic E-state index is 0.453. The van der Waals surface area contributed by atoms with Gasteiger partial charge in [0.1, 0.15) is 0 Å². The van der Waals surface area contributed by atoms with E-state index in [0.717, 1.165) is 19.1 Å². The van der Waals surface area contributed by atoms with Crippen molar-refractivity contribution in [2.45, 2.75) is 27.2 Å². The summed E-state index contributed by atoms with van der Waals surface area (Å²) in [6.07, 6.45) is 10.3. The molecule has 0 aromatic rings. The van der Waals surface area contributed by atoms with Crippen molar-refractivity contribution < 1.29 is 4.74 Å². The summed E-state index contributed by atoms with van der Waals surface area (Å²) in [5, 5.41) is 0. The first-order chi connectivity index (χ1) is 7.14. The summed E-state index contributed by atoms with van der Waals surface area (Å²) in [4.78, 5) is 0.